The van der Waals surface area contributed by atoms with E-state index in [0.717, 1.165) is 27.3 Å². The van der Waals surface area contributed by atoms with Crippen LogP contribution in [-0.2, 0) is 6.42 Å². The van der Waals surface area contributed by atoms with E-state index in [2.05, 4.69) is 16.9 Å². The van der Waals surface area contributed by atoms with E-state index in [9.17, 15) is 0 Å². The molecule has 0 spiro atoms. The van der Waals surface area contributed by atoms with E-state index in [4.69, 9.17) is 11.6 Å². The summed E-state index contributed by atoms with van der Waals surface area (Å²) in [6.07, 6.45) is 0.953. The highest BCUT2D eigenvalue weighted by atomic mass is 35.5. The maximum absolute atomic E-state index is 5.97. The first-order chi connectivity index (χ1) is 6.20. The second-order valence-electron chi connectivity index (χ2n) is 2.86. The van der Waals surface area contributed by atoms with Gasteiger partial charge in [0, 0.05) is 5.69 Å². The molecule has 0 aliphatic rings. The predicted molar refractivity (Wildman–Crippen MR) is 56.5 cm³/mol. The van der Waals surface area contributed by atoms with Crippen LogP contribution in [0.4, 0.5) is 0 Å². The van der Waals surface area contributed by atoms with E-state index in [1.165, 1.54) is 0 Å². The van der Waals surface area contributed by atoms with E-state index >= 15 is 0 Å². The van der Waals surface area contributed by atoms with Gasteiger partial charge in [-0.15, -0.1) is 11.3 Å². The smallest absolute Gasteiger partial charge is 0.156 e. The van der Waals surface area contributed by atoms with Crippen molar-refractivity contribution in [2.45, 2.75) is 20.3 Å². The van der Waals surface area contributed by atoms with Gasteiger partial charge in [0.25, 0.3) is 0 Å². The van der Waals surface area contributed by atoms with Crippen LogP contribution in [0.1, 0.15) is 17.6 Å². The minimum Gasteiger partial charge on any atom is -0.239 e. The lowest BCUT2D eigenvalue weighted by atomic mass is 10.4. The molecule has 0 aliphatic heterocycles. The summed E-state index contributed by atoms with van der Waals surface area (Å²) in [7, 11) is 0. The molecule has 2 aromatic rings. The minimum atomic E-state index is 0.519. The second kappa shape index (κ2) is 3.24. The summed E-state index contributed by atoms with van der Waals surface area (Å²) in [4.78, 5) is 8.55. The largest absolute Gasteiger partial charge is 0.239 e. The van der Waals surface area contributed by atoms with E-state index in [0.29, 0.717) is 5.15 Å². The monoisotopic (exact) mass is 212 g/mol. The summed E-state index contributed by atoms with van der Waals surface area (Å²) < 4.78 is 1.13. The first kappa shape index (κ1) is 8.91. The van der Waals surface area contributed by atoms with Crippen LogP contribution < -0.4 is 0 Å². The Labute approximate surface area is 85.6 Å². The molecule has 4 heteroatoms. The average molecular weight is 213 g/mol. The number of pyridine rings is 1. The molecule has 0 aromatic carbocycles. The van der Waals surface area contributed by atoms with Gasteiger partial charge in [0.15, 0.2) is 5.15 Å². The first-order valence-corrected chi connectivity index (χ1v) is 5.32. The molecular formula is C9H9ClN2S. The van der Waals surface area contributed by atoms with Crippen molar-refractivity contribution < 1.29 is 0 Å². The summed E-state index contributed by atoms with van der Waals surface area (Å²) in [5.41, 5.74) is 1.79. The van der Waals surface area contributed by atoms with Crippen LogP contribution in [0, 0.1) is 6.92 Å². The fourth-order valence-corrected chi connectivity index (χ4v) is 2.54. The summed E-state index contributed by atoms with van der Waals surface area (Å²) in [5, 5.41) is 1.63. The van der Waals surface area contributed by atoms with Gasteiger partial charge >= 0.3 is 0 Å². The van der Waals surface area contributed by atoms with Gasteiger partial charge in [-0.05, 0) is 19.4 Å². The Bertz CT molecular complexity index is 450. The highest BCUT2D eigenvalue weighted by Crippen LogP contribution is 2.27. The molecule has 0 saturated carbocycles. The lowest BCUT2D eigenvalue weighted by Gasteiger charge is -1.93. The topological polar surface area (TPSA) is 25.8 Å². The Morgan fingerprint density at radius 2 is 2.23 bits per heavy atom. The zero-order valence-corrected chi connectivity index (χ0v) is 9.04. The molecule has 2 aromatic heterocycles. The van der Waals surface area contributed by atoms with Crippen molar-refractivity contribution in [3.63, 3.8) is 0 Å². The number of fused-ring (bicyclic) bond motifs is 1. The summed E-state index contributed by atoms with van der Waals surface area (Å²) in [6.45, 7) is 4.03. The minimum absolute atomic E-state index is 0.519. The van der Waals surface area contributed by atoms with Crippen molar-refractivity contribution in [2.24, 2.45) is 0 Å². The number of halogens is 1. The molecule has 0 saturated heterocycles. The lowest BCUT2D eigenvalue weighted by molar-refractivity contribution is 1.10. The van der Waals surface area contributed by atoms with Crippen molar-refractivity contribution in [3.05, 3.63) is 21.9 Å². The maximum Gasteiger partial charge on any atom is 0.156 e. The van der Waals surface area contributed by atoms with Crippen molar-refractivity contribution in [1.82, 2.24) is 9.97 Å². The van der Waals surface area contributed by atoms with Crippen LogP contribution in [0.15, 0.2) is 6.07 Å². The molecule has 68 valence electrons. The molecule has 0 radical (unpaired) electrons. The van der Waals surface area contributed by atoms with Crippen molar-refractivity contribution in [1.29, 1.82) is 0 Å². The summed E-state index contributed by atoms with van der Waals surface area (Å²) in [6, 6.07) is 2.03. The highest BCUT2D eigenvalue weighted by molar-refractivity contribution is 7.18. The number of aromatic nitrogens is 2. The molecule has 0 aliphatic carbocycles. The van der Waals surface area contributed by atoms with Gasteiger partial charge in [-0.3, -0.25) is 0 Å². The number of aryl methyl sites for hydroxylation is 2. The molecule has 2 nitrogen and oxygen atoms in total. The van der Waals surface area contributed by atoms with Crippen molar-refractivity contribution in [3.8, 4) is 0 Å². The van der Waals surface area contributed by atoms with E-state index in [1.54, 1.807) is 11.3 Å². The number of hydrogen-bond donors (Lipinski definition) is 0. The van der Waals surface area contributed by atoms with Gasteiger partial charge in [-0.25, -0.2) is 9.97 Å². The van der Waals surface area contributed by atoms with Crippen LogP contribution >= 0.6 is 22.9 Å². The van der Waals surface area contributed by atoms with Crippen LogP contribution in [0.2, 0.25) is 5.15 Å². The first-order valence-electron chi connectivity index (χ1n) is 4.13. The standard InChI is InChI=1S/C9H9ClN2S/c1-3-7-12-8-6(13-7)4-5(2)11-9(8)10/h4H,3H2,1-2H3. The van der Waals surface area contributed by atoms with Gasteiger partial charge in [0.05, 0.1) is 9.71 Å². The van der Waals surface area contributed by atoms with Crippen LogP contribution in [0.25, 0.3) is 10.2 Å². The van der Waals surface area contributed by atoms with Crippen molar-refractivity contribution in [2.75, 3.05) is 0 Å². The molecule has 0 fully saturated rings. The Morgan fingerprint density at radius 1 is 1.46 bits per heavy atom. The molecule has 0 amide bonds. The molecular weight excluding hydrogens is 204 g/mol. The van der Waals surface area contributed by atoms with Gasteiger partial charge in [0.2, 0.25) is 0 Å². The second-order valence-corrected chi connectivity index (χ2v) is 4.34. The molecule has 0 N–H and O–H groups in total. The maximum atomic E-state index is 5.97. The third-order valence-corrected chi connectivity index (χ3v) is 3.22. The Morgan fingerprint density at radius 3 is 2.92 bits per heavy atom. The third kappa shape index (κ3) is 1.54. The molecule has 2 heterocycles. The van der Waals surface area contributed by atoms with E-state index < -0.39 is 0 Å². The van der Waals surface area contributed by atoms with Gasteiger partial charge in [-0.2, -0.15) is 0 Å². The van der Waals surface area contributed by atoms with E-state index in [-0.39, 0.29) is 0 Å². The molecule has 2 rings (SSSR count). The van der Waals surface area contributed by atoms with Gasteiger partial charge < -0.3 is 0 Å². The zero-order valence-electron chi connectivity index (χ0n) is 7.47. The van der Waals surface area contributed by atoms with Crippen LogP contribution in [-0.4, -0.2) is 9.97 Å². The SMILES string of the molecule is CCc1nc2c(Cl)nc(C)cc2s1. The normalized spacial score (nSPS) is 11.0. The highest BCUT2D eigenvalue weighted by Gasteiger charge is 2.07. The van der Waals surface area contributed by atoms with Crippen molar-refractivity contribution >= 4 is 33.2 Å². The molecule has 0 bridgehead atoms. The molecule has 0 atom stereocenters. The predicted octanol–water partition coefficient (Wildman–Crippen LogP) is 3.22. The third-order valence-electron chi connectivity index (χ3n) is 1.81. The van der Waals surface area contributed by atoms with Gasteiger partial charge in [-0.1, -0.05) is 18.5 Å². The van der Waals surface area contributed by atoms with Crippen LogP contribution in [0.5, 0.6) is 0 Å². The molecule has 0 unspecified atom stereocenters. The molecule has 13 heavy (non-hydrogen) atoms. The Kier molecular flexibility index (Phi) is 2.22. The Hall–Kier alpha value is -0.670. The lowest BCUT2D eigenvalue weighted by Crippen LogP contribution is -1.82. The fourth-order valence-electron chi connectivity index (χ4n) is 1.20. The van der Waals surface area contributed by atoms with Crippen LogP contribution in [0.3, 0.4) is 0 Å². The number of thiazole rings is 1. The Balaban J connectivity index is 2.75. The fraction of sp³-hybridized carbons (Fsp3) is 0.333. The average Bonchev–Trinajstić information content (AvgIpc) is 2.47. The van der Waals surface area contributed by atoms with Gasteiger partial charge in [0.1, 0.15) is 5.52 Å². The zero-order chi connectivity index (χ0) is 9.42. The quantitative estimate of drug-likeness (QED) is 0.679. The van der Waals surface area contributed by atoms with E-state index in [1.807, 2.05) is 13.0 Å². The summed E-state index contributed by atoms with van der Waals surface area (Å²) in [5.74, 6) is 0. The summed E-state index contributed by atoms with van der Waals surface area (Å²) >= 11 is 7.66. The number of hydrogen-bond acceptors (Lipinski definition) is 3. The number of rotatable bonds is 1. The number of nitrogens with zero attached hydrogens (tertiary/aromatic N) is 2.